The van der Waals surface area contributed by atoms with E-state index in [2.05, 4.69) is 84.5 Å². The molecule has 4 aliphatic rings. The second-order valence-electron chi connectivity index (χ2n) is 11.9. The maximum absolute atomic E-state index is 4.75. The molecule has 1 unspecified atom stereocenters. The van der Waals surface area contributed by atoms with Crippen LogP contribution in [0.3, 0.4) is 0 Å². The van der Waals surface area contributed by atoms with Crippen molar-refractivity contribution in [2.45, 2.75) is 52.1 Å². The van der Waals surface area contributed by atoms with E-state index >= 15 is 0 Å². The molecule has 4 aromatic rings. The van der Waals surface area contributed by atoms with Gasteiger partial charge in [-0.1, -0.05) is 30.5 Å². The molecule has 42 heavy (non-hydrogen) atoms. The van der Waals surface area contributed by atoms with Crippen LogP contribution in [-0.4, -0.2) is 37.3 Å². The third-order valence-corrected chi connectivity index (χ3v) is 8.79. The van der Waals surface area contributed by atoms with Crippen molar-refractivity contribution in [1.29, 1.82) is 0 Å². The standard InChI is InChI=1S/C33H35N9/c1-19-10-22(15-34-14-21-6-3-4-7-21)12-23(11-19)24-13-25-28(40-41-32(25)36-16-24)30-31-29(38-31)27-26(42-17-20(2)37-18-42)8-5-9-35-33(27)39-30/h5,8-13,16-18,21,29,34-35,38-39H,3-4,6-7,14-15H2,1-2H3,(H,36,40,41). The number of rotatable bonds is 7. The molecule has 1 aromatic carbocycles. The van der Waals surface area contributed by atoms with Crippen LogP contribution in [0.1, 0.15) is 48.2 Å². The Hall–Kier alpha value is -4.63. The summed E-state index contributed by atoms with van der Waals surface area (Å²) in [5.41, 5.74) is 11.8. The molecule has 0 bridgehead atoms. The van der Waals surface area contributed by atoms with Gasteiger partial charge in [0, 0.05) is 41.7 Å². The lowest BCUT2D eigenvalue weighted by molar-refractivity contribution is 0.489. The minimum Gasteiger partial charge on any atom is -0.372 e. The number of nitrogens with zero attached hydrogens (tertiary/aromatic N) is 4. The first-order valence-electron chi connectivity index (χ1n) is 14.9. The lowest BCUT2D eigenvalue weighted by atomic mass is 9.99. The van der Waals surface area contributed by atoms with Gasteiger partial charge >= 0.3 is 0 Å². The SMILES string of the molecule is Cc1cc(CNCC2CCCC2)cc(-c2cnc3n[nH]c(C4=C5NC5C5=C(NC=CC=C5n5cnc(C)c5)N4)c3c2)c1. The molecule has 1 aliphatic carbocycles. The molecule has 1 saturated heterocycles. The summed E-state index contributed by atoms with van der Waals surface area (Å²) in [4.78, 5) is 9.19. The molecule has 6 heterocycles. The number of hydrogen-bond acceptors (Lipinski definition) is 7. The monoisotopic (exact) mass is 557 g/mol. The molecule has 9 nitrogen and oxygen atoms in total. The summed E-state index contributed by atoms with van der Waals surface area (Å²) in [6.07, 6.45) is 17.4. The Labute approximate surface area is 244 Å². The topological polar surface area (TPSA) is 117 Å². The zero-order valence-corrected chi connectivity index (χ0v) is 24.0. The number of benzene rings is 1. The molecule has 212 valence electrons. The van der Waals surface area contributed by atoms with Crippen molar-refractivity contribution in [2.24, 2.45) is 5.92 Å². The normalized spacial score (nSPS) is 19.7. The number of aromatic nitrogens is 5. The summed E-state index contributed by atoms with van der Waals surface area (Å²) in [7, 11) is 0. The zero-order valence-electron chi connectivity index (χ0n) is 24.0. The van der Waals surface area contributed by atoms with Gasteiger partial charge in [0.15, 0.2) is 5.65 Å². The van der Waals surface area contributed by atoms with Crippen LogP contribution in [0.2, 0.25) is 0 Å². The third kappa shape index (κ3) is 4.50. The molecule has 0 radical (unpaired) electrons. The van der Waals surface area contributed by atoms with Gasteiger partial charge in [0.25, 0.3) is 0 Å². The van der Waals surface area contributed by atoms with Crippen molar-refractivity contribution < 1.29 is 0 Å². The summed E-state index contributed by atoms with van der Waals surface area (Å²) >= 11 is 0. The van der Waals surface area contributed by atoms with Crippen LogP contribution in [0.15, 0.2) is 78.4 Å². The Morgan fingerprint density at radius 1 is 1.05 bits per heavy atom. The van der Waals surface area contributed by atoms with Crippen LogP contribution in [-0.2, 0) is 6.54 Å². The van der Waals surface area contributed by atoms with Crippen molar-refractivity contribution in [1.82, 2.24) is 46.0 Å². The summed E-state index contributed by atoms with van der Waals surface area (Å²) < 4.78 is 2.08. The van der Waals surface area contributed by atoms with Gasteiger partial charge < -0.3 is 25.8 Å². The molecule has 1 atom stereocenters. The van der Waals surface area contributed by atoms with Gasteiger partial charge in [-0.15, -0.1) is 0 Å². The Kier molecular flexibility index (Phi) is 5.99. The Balaban J connectivity index is 1.09. The second kappa shape index (κ2) is 10.0. The van der Waals surface area contributed by atoms with Gasteiger partial charge in [0.1, 0.15) is 5.82 Å². The van der Waals surface area contributed by atoms with E-state index in [4.69, 9.17) is 4.98 Å². The smallest absolute Gasteiger partial charge is 0.181 e. The number of fused-ring (bicyclic) bond motifs is 3. The first-order chi connectivity index (χ1) is 20.6. The predicted octanol–water partition coefficient (Wildman–Crippen LogP) is 4.83. The maximum Gasteiger partial charge on any atom is 0.181 e. The Morgan fingerprint density at radius 2 is 1.95 bits per heavy atom. The summed E-state index contributed by atoms with van der Waals surface area (Å²) in [6.45, 7) is 6.17. The number of aromatic amines is 1. The number of pyridine rings is 1. The van der Waals surface area contributed by atoms with Crippen molar-refractivity contribution >= 4 is 22.4 Å². The minimum absolute atomic E-state index is 0.100. The lowest BCUT2D eigenvalue weighted by Gasteiger charge is -2.21. The highest BCUT2D eigenvalue weighted by Crippen LogP contribution is 2.42. The fourth-order valence-electron chi connectivity index (χ4n) is 6.69. The molecule has 5 N–H and O–H groups in total. The van der Waals surface area contributed by atoms with E-state index in [1.165, 1.54) is 42.4 Å². The van der Waals surface area contributed by atoms with Crippen LogP contribution in [0.5, 0.6) is 0 Å². The van der Waals surface area contributed by atoms with Crippen molar-refractivity contribution in [3.63, 3.8) is 0 Å². The van der Waals surface area contributed by atoms with E-state index < -0.39 is 0 Å². The van der Waals surface area contributed by atoms with Gasteiger partial charge in [-0.3, -0.25) is 5.10 Å². The maximum atomic E-state index is 4.75. The van der Waals surface area contributed by atoms with E-state index in [1.54, 1.807) is 0 Å². The molecule has 1 saturated carbocycles. The first-order valence-corrected chi connectivity index (χ1v) is 14.9. The molecule has 9 heteroatoms. The fraction of sp³-hybridized carbons (Fsp3) is 0.303. The van der Waals surface area contributed by atoms with E-state index in [9.17, 15) is 0 Å². The lowest BCUT2D eigenvalue weighted by Crippen LogP contribution is -2.28. The average molecular weight is 558 g/mol. The van der Waals surface area contributed by atoms with Gasteiger partial charge in [-0.25, -0.2) is 9.97 Å². The van der Waals surface area contributed by atoms with Crippen LogP contribution in [0, 0.1) is 19.8 Å². The number of H-pyrrole nitrogens is 1. The number of hydrogen-bond donors (Lipinski definition) is 5. The molecule has 0 amide bonds. The third-order valence-electron chi connectivity index (χ3n) is 8.79. The van der Waals surface area contributed by atoms with Crippen LogP contribution >= 0.6 is 0 Å². The first kappa shape index (κ1) is 25.1. The number of dihydropyridines is 1. The molecular weight excluding hydrogens is 522 g/mol. The largest absolute Gasteiger partial charge is 0.372 e. The minimum atomic E-state index is 0.100. The van der Waals surface area contributed by atoms with Crippen LogP contribution in [0.25, 0.3) is 33.6 Å². The molecule has 3 aromatic heterocycles. The van der Waals surface area contributed by atoms with Crippen molar-refractivity contribution in [3.05, 3.63) is 101 Å². The highest BCUT2D eigenvalue weighted by molar-refractivity contribution is 5.94. The molecule has 3 aliphatic heterocycles. The molecular formula is C33H35N9. The van der Waals surface area contributed by atoms with E-state index in [0.29, 0.717) is 5.65 Å². The van der Waals surface area contributed by atoms with Crippen molar-refractivity contribution in [3.8, 4) is 11.1 Å². The Morgan fingerprint density at radius 3 is 2.81 bits per heavy atom. The average Bonchev–Trinajstić information content (AvgIpc) is 3.24. The number of allylic oxidation sites excluding steroid dienone is 2. The molecule has 0 spiro atoms. The number of nitrogens with one attached hydrogen (secondary N) is 5. The van der Waals surface area contributed by atoms with Gasteiger partial charge in [-0.2, -0.15) is 5.10 Å². The number of imidazole rings is 1. The zero-order chi connectivity index (χ0) is 28.2. The van der Waals surface area contributed by atoms with Gasteiger partial charge in [-0.05, 0) is 74.6 Å². The summed E-state index contributed by atoms with van der Waals surface area (Å²) in [5.74, 6) is 1.77. The predicted molar refractivity (Wildman–Crippen MR) is 165 cm³/mol. The van der Waals surface area contributed by atoms with Crippen LogP contribution in [0.4, 0.5) is 0 Å². The highest BCUT2D eigenvalue weighted by Gasteiger charge is 2.44. The second-order valence-corrected chi connectivity index (χ2v) is 11.9. The molecule has 2 fully saturated rings. The number of aryl methyl sites for hydroxylation is 2. The van der Waals surface area contributed by atoms with Crippen LogP contribution < -0.4 is 21.3 Å². The van der Waals surface area contributed by atoms with Crippen molar-refractivity contribution in [2.75, 3.05) is 6.54 Å². The Bertz CT molecular complexity index is 1830. The molecule has 8 rings (SSSR count). The summed E-state index contributed by atoms with van der Waals surface area (Å²) in [5, 5.41) is 23.2. The van der Waals surface area contributed by atoms with Gasteiger partial charge in [0.05, 0.1) is 40.8 Å². The summed E-state index contributed by atoms with van der Waals surface area (Å²) in [6, 6.07) is 9.13. The van der Waals surface area contributed by atoms with Gasteiger partial charge in [0.2, 0.25) is 0 Å². The van der Waals surface area contributed by atoms with E-state index in [-0.39, 0.29) is 6.04 Å². The fourth-order valence-corrected chi connectivity index (χ4v) is 6.69. The highest BCUT2D eigenvalue weighted by atomic mass is 15.2. The van der Waals surface area contributed by atoms with E-state index in [1.807, 2.05) is 31.7 Å². The van der Waals surface area contributed by atoms with E-state index in [0.717, 1.165) is 69.8 Å². The quantitative estimate of drug-likeness (QED) is 0.207.